The molecule has 0 saturated carbocycles. The molecule has 1 aromatic carbocycles. The molecule has 0 aliphatic heterocycles. The molecular weight excluding hydrogens is 179 g/mol. The van der Waals surface area contributed by atoms with E-state index >= 15 is 0 Å². The maximum absolute atomic E-state index is 13.4. The Morgan fingerprint density at radius 3 is 2.36 bits per heavy atom. The van der Waals surface area contributed by atoms with Gasteiger partial charge in [0.15, 0.2) is 11.5 Å². The number of ketones is 1. The van der Waals surface area contributed by atoms with Crippen LogP contribution in [0, 0.1) is 13.8 Å². The third kappa shape index (κ3) is 2.00. The number of aryl methyl sites for hydroxylation is 1. The highest BCUT2D eigenvalue weighted by Crippen LogP contribution is 2.21. The topological polar surface area (TPSA) is 17.1 Å². The molecule has 0 saturated heterocycles. The summed E-state index contributed by atoms with van der Waals surface area (Å²) < 4.78 is 13.4. The van der Waals surface area contributed by atoms with E-state index in [4.69, 9.17) is 0 Å². The van der Waals surface area contributed by atoms with Crippen molar-refractivity contribution in [2.24, 2.45) is 0 Å². The highest BCUT2D eigenvalue weighted by Gasteiger charge is 2.28. The van der Waals surface area contributed by atoms with Crippen molar-refractivity contribution >= 4 is 5.78 Å². The van der Waals surface area contributed by atoms with Crippen molar-refractivity contribution < 1.29 is 9.18 Å². The molecule has 0 fully saturated rings. The Kier molecular flexibility index (Phi) is 2.74. The number of benzene rings is 1. The second kappa shape index (κ2) is 3.52. The molecule has 0 amide bonds. The first-order valence-electron chi connectivity index (χ1n) is 4.64. The average molecular weight is 194 g/mol. The molecule has 0 radical (unpaired) electrons. The van der Waals surface area contributed by atoms with Gasteiger partial charge in [0.2, 0.25) is 0 Å². The first-order chi connectivity index (χ1) is 6.34. The van der Waals surface area contributed by atoms with Crippen molar-refractivity contribution in [1.29, 1.82) is 0 Å². The Balaban J connectivity index is 3.21. The molecule has 0 unspecified atom stereocenters. The van der Waals surface area contributed by atoms with Gasteiger partial charge in [0.25, 0.3) is 0 Å². The third-order valence-corrected chi connectivity index (χ3v) is 2.39. The van der Waals surface area contributed by atoms with Crippen LogP contribution in [0.1, 0.15) is 35.3 Å². The minimum atomic E-state index is -1.79. The van der Waals surface area contributed by atoms with Crippen molar-refractivity contribution in [3.63, 3.8) is 0 Å². The normalized spacial score (nSPS) is 11.5. The Hall–Kier alpha value is -1.18. The van der Waals surface area contributed by atoms with Crippen LogP contribution in [-0.2, 0) is 0 Å². The van der Waals surface area contributed by atoms with Crippen LogP contribution in [0.4, 0.5) is 4.39 Å². The Morgan fingerprint density at radius 2 is 1.86 bits per heavy atom. The standard InChI is InChI=1S/C12H15FO/c1-8-6-5-7-10(9(8)2)11(14)12(3,4)13/h5-7H,1-4H3. The number of hydrogen-bond donors (Lipinski definition) is 0. The third-order valence-electron chi connectivity index (χ3n) is 2.39. The lowest BCUT2D eigenvalue weighted by atomic mass is 9.93. The SMILES string of the molecule is Cc1cccc(C(=O)C(C)(C)F)c1C. The van der Waals surface area contributed by atoms with Gasteiger partial charge in [-0.25, -0.2) is 4.39 Å². The predicted molar refractivity (Wildman–Crippen MR) is 55.4 cm³/mol. The number of carbonyl (C=O) groups excluding carboxylic acids is 1. The largest absolute Gasteiger partial charge is 0.291 e. The maximum atomic E-state index is 13.4. The molecule has 0 atom stereocenters. The van der Waals surface area contributed by atoms with Crippen molar-refractivity contribution in [1.82, 2.24) is 0 Å². The predicted octanol–water partition coefficient (Wildman–Crippen LogP) is 3.23. The molecule has 0 heterocycles. The summed E-state index contributed by atoms with van der Waals surface area (Å²) in [7, 11) is 0. The first kappa shape index (κ1) is 10.9. The van der Waals surface area contributed by atoms with E-state index < -0.39 is 11.5 Å². The van der Waals surface area contributed by atoms with Crippen molar-refractivity contribution in [2.45, 2.75) is 33.4 Å². The summed E-state index contributed by atoms with van der Waals surface area (Å²) in [6.45, 7) is 6.33. The lowest BCUT2D eigenvalue weighted by molar-refractivity contribution is 0.0759. The summed E-state index contributed by atoms with van der Waals surface area (Å²) in [6, 6.07) is 5.37. The van der Waals surface area contributed by atoms with E-state index in [1.165, 1.54) is 13.8 Å². The van der Waals surface area contributed by atoms with Gasteiger partial charge in [-0.2, -0.15) is 0 Å². The number of Topliss-reactive ketones (excluding diaryl/α,β-unsaturated/α-hetero) is 1. The van der Waals surface area contributed by atoms with Crippen LogP contribution in [0.15, 0.2) is 18.2 Å². The lowest BCUT2D eigenvalue weighted by Gasteiger charge is -2.15. The van der Waals surface area contributed by atoms with Crippen LogP contribution in [0.5, 0.6) is 0 Å². The molecule has 0 N–H and O–H groups in total. The number of carbonyl (C=O) groups is 1. The summed E-state index contributed by atoms with van der Waals surface area (Å²) >= 11 is 0. The fraction of sp³-hybridized carbons (Fsp3) is 0.417. The minimum absolute atomic E-state index is 0.446. The van der Waals surface area contributed by atoms with Crippen LogP contribution in [0.25, 0.3) is 0 Å². The first-order valence-corrected chi connectivity index (χ1v) is 4.64. The van der Waals surface area contributed by atoms with Gasteiger partial charge < -0.3 is 0 Å². The van der Waals surface area contributed by atoms with Crippen LogP contribution >= 0.6 is 0 Å². The molecule has 2 heteroatoms. The summed E-state index contributed by atoms with van der Waals surface area (Å²) in [6.07, 6.45) is 0. The summed E-state index contributed by atoms with van der Waals surface area (Å²) in [4.78, 5) is 11.7. The average Bonchev–Trinajstić information content (AvgIpc) is 2.07. The molecule has 1 nitrogen and oxygen atoms in total. The van der Waals surface area contributed by atoms with Gasteiger partial charge in [0, 0.05) is 5.56 Å². The van der Waals surface area contributed by atoms with Gasteiger partial charge in [-0.05, 0) is 38.8 Å². The Morgan fingerprint density at radius 1 is 1.29 bits per heavy atom. The molecule has 1 aromatic rings. The van der Waals surface area contributed by atoms with Crippen LogP contribution in [0.2, 0.25) is 0 Å². The van der Waals surface area contributed by atoms with E-state index in [2.05, 4.69) is 0 Å². The van der Waals surface area contributed by atoms with E-state index in [1.54, 1.807) is 12.1 Å². The second-order valence-electron chi connectivity index (χ2n) is 4.05. The molecule has 0 aromatic heterocycles. The van der Waals surface area contributed by atoms with Crippen LogP contribution < -0.4 is 0 Å². The molecule has 0 bridgehead atoms. The molecular formula is C12H15FO. The van der Waals surface area contributed by atoms with Gasteiger partial charge in [-0.15, -0.1) is 0 Å². The fourth-order valence-corrected chi connectivity index (χ4v) is 1.32. The van der Waals surface area contributed by atoms with E-state index in [0.29, 0.717) is 5.56 Å². The van der Waals surface area contributed by atoms with Crippen molar-refractivity contribution in [2.75, 3.05) is 0 Å². The molecule has 0 spiro atoms. The van der Waals surface area contributed by atoms with Gasteiger partial charge in [-0.3, -0.25) is 4.79 Å². The van der Waals surface area contributed by atoms with Gasteiger partial charge in [0.1, 0.15) is 0 Å². The lowest BCUT2D eigenvalue weighted by Crippen LogP contribution is -2.26. The number of hydrogen-bond acceptors (Lipinski definition) is 1. The number of alkyl halides is 1. The number of rotatable bonds is 2. The monoisotopic (exact) mass is 194 g/mol. The van der Waals surface area contributed by atoms with Crippen LogP contribution in [-0.4, -0.2) is 11.5 Å². The maximum Gasteiger partial charge on any atom is 0.199 e. The van der Waals surface area contributed by atoms with Crippen molar-refractivity contribution in [3.8, 4) is 0 Å². The zero-order valence-electron chi connectivity index (χ0n) is 9.02. The smallest absolute Gasteiger partial charge is 0.199 e. The van der Waals surface area contributed by atoms with Gasteiger partial charge in [0.05, 0.1) is 0 Å². The quantitative estimate of drug-likeness (QED) is 0.660. The molecule has 0 aliphatic rings. The summed E-state index contributed by atoms with van der Waals surface area (Å²) in [5, 5.41) is 0. The molecule has 1 rings (SSSR count). The number of halogens is 1. The van der Waals surface area contributed by atoms with E-state index in [0.717, 1.165) is 11.1 Å². The molecule has 14 heavy (non-hydrogen) atoms. The highest BCUT2D eigenvalue weighted by atomic mass is 19.1. The fourth-order valence-electron chi connectivity index (χ4n) is 1.32. The zero-order valence-corrected chi connectivity index (χ0v) is 9.02. The Labute approximate surface area is 83.9 Å². The summed E-state index contributed by atoms with van der Waals surface area (Å²) in [5.41, 5.74) is 0.569. The summed E-state index contributed by atoms with van der Waals surface area (Å²) in [5.74, 6) is -0.446. The van der Waals surface area contributed by atoms with Gasteiger partial charge in [-0.1, -0.05) is 18.2 Å². The van der Waals surface area contributed by atoms with Crippen LogP contribution in [0.3, 0.4) is 0 Å². The molecule has 0 aliphatic carbocycles. The van der Waals surface area contributed by atoms with Crippen molar-refractivity contribution in [3.05, 3.63) is 34.9 Å². The van der Waals surface area contributed by atoms with E-state index in [9.17, 15) is 9.18 Å². The second-order valence-corrected chi connectivity index (χ2v) is 4.05. The van der Waals surface area contributed by atoms with Gasteiger partial charge >= 0.3 is 0 Å². The Bertz CT molecular complexity index is 361. The zero-order chi connectivity index (χ0) is 10.9. The van der Waals surface area contributed by atoms with E-state index in [1.807, 2.05) is 19.9 Å². The highest BCUT2D eigenvalue weighted by molar-refractivity contribution is 6.03. The minimum Gasteiger partial charge on any atom is -0.291 e. The van der Waals surface area contributed by atoms with E-state index in [-0.39, 0.29) is 0 Å². The molecule has 76 valence electrons.